The summed E-state index contributed by atoms with van der Waals surface area (Å²) in [7, 11) is 0. The first-order valence-corrected chi connectivity index (χ1v) is 10.2. The van der Waals surface area contributed by atoms with Crippen molar-refractivity contribution in [3.63, 3.8) is 0 Å². The molecule has 0 fully saturated rings. The Hall–Kier alpha value is -4.52. The average molecular weight is 422 g/mol. The molecule has 0 saturated carbocycles. The fourth-order valence-electron chi connectivity index (χ4n) is 4.57. The summed E-state index contributed by atoms with van der Waals surface area (Å²) in [5, 5.41) is 16.0. The first kappa shape index (κ1) is 18.3. The van der Waals surface area contributed by atoms with E-state index in [4.69, 9.17) is 0 Å². The molecule has 3 aromatic heterocycles. The first-order valence-electron chi connectivity index (χ1n) is 10.2. The van der Waals surface area contributed by atoms with Crippen molar-refractivity contribution in [3.8, 4) is 5.88 Å². The summed E-state index contributed by atoms with van der Waals surface area (Å²) in [6, 6.07) is 21.2. The lowest BCUT2D eigenvalue weighted by atomic mass is 9.97. The molecule has 156 valence electrons. The Morgan fingerprint density at radius 1 is 0.750 bits per heavy atom. The zero-order chi connectivity index (χ0) is 21.8. The van der Waals surface area contributed by atoms with Gasteiger partial charge in [-0.05, 0) is 24.3 Å². The Morgan fingerprint density at radius 3 is 2.16 bits per heavy atom. The van der Waals surface area contributed by atoms with E-state index in [9.17, 15) is 14.7 Å². The van der Waals surface area contributed by atoms with Crippen LogP contribution in [0, 0.1) is 0 Å². The molecule has 7 nitrogen and oxygen atoms in total. The maximum absolute atomic E-state index is 13.6. The first-order chi connectivity index (χ1) is 15.6. The van der Waals surface area contributed by atoms with Gasteiger partial charge in [0.05, 0.1) is 16.3 Å². The highest BCUT2D eigenvalue weighted by atomic mass is 16.3. The predicted octanol–water partition coefficient (Wildman–Crippen LogP) is 4.00. The largest absolute Gasteiger partial charge is 0.494 e. The lowest BCUT2D eigenvalue weighted by Crippen LogP contribution is -2.34. The van der Waals surface area contributed by atoms with Crippen molar-refractivity contribution < 1.29 is 5.11 Å². The van der Waals surface area contributed by atoms with Crippen molar-refractivity contribution in [3.05, 3.63) is 111 Å². The van der Waals surface area contributed by atoms with Gasteiger partial charge in [-0.25, -0.2) is 4.68 Å². The Kier molecular flexibility index (Phi) is 3.85. The van der Waals surface area contributed by atoms with Crippen LogP contribution in [0.3, 0.4) is 0 Å². The van der Waals surface area contributed by atoms with Crippen molar-refractivity contribution in [1.29, 1.82) is 0 Å². The van der Waals surface area contributed by atoms with Gasteiger partial charge >= 0.3 is 0 Å². The summed E-state index contributed by atoms with van der Waals surface area (Å²) in [5.74, 6) is -0.0533. The Morgan fingerprint density at radius 2 is 1.38 bits per heavy atom. The molecule has 0 bridgehead atoms. The third-order valence-electron chi connectivity index (χ3n) is 6.02. The summed E-state index contributed by atoms with van der Waals surface area (Å²) in [4.78, 5) is 32.7. The zero-order valence-corrected chi connectivity index (χ0v) is 16.8. The van der Waals surface area contributed by atoms with Crippen LogP contribution < -0.4 is 11.1 Å². The molecule has 0 saturated heterocycles. The maximum atomic E-state index is 13.6. The number of rotatable bonds is 3. The van der Waals surface area contributed by atoms with E-state index < -0.39 is 6.04 Å². The van der Waals surface area contributed by atoms with Crippen LogP contribution in [0.25, 0.3) is 32.6 Å². The summed E-state index contributed by atoms with van der Waals surface area (Å²) in [6.07, 6.45) is 1.82. The third kappa shape index (κ3) is 2.54. The average Bonchev–Trinajstić information content (AvgIpc) is 3.39. The fourth-order valence-corrected chi connectivity index (χ4v) is 4.57. The van der Waals surface area contributed by atoms with Crippen molar-refractivity contribution in [1.82, 2.24) is 19.7 Å². The monoisotopic (exact) mass is 422 g/mol. The number of aromatic nitrogens is 4. The quantitative estimate of drug-likeness (QED) is 0.346. The van der Waals surface area contributed by atoms with Gasteiger partial charge in [0.1, 0.15) is 6.04 Å². The molecule has 0 aliphatic carbocycles. The molecule has 0 aliphatic rings. The van der Waals surface area contributed by atoms with E-state index in [1.165, 1.54) is 4.68 Å². The number of nitrogens with one attached hydrogen (secondary N) is 3. The Balaban J connectivity index is 1.76. The van der Waals surface area contributed by atoms with Gasteiger partial charge < -0.3 is 15.1 Å². The number of benzene rings is 3. The van der Waals surface area contributed by atoms with Gasteiger partial charge in [-0.1, -0.05) is 48.5 Å². The number of nitrogens with zero attached hydrogens (tertiary/aromatic N) is 1. The highest BCUT2D eigenvalue weighted by Gasteiger charge is 2.28. The van der Waals surface area contributed by atoms with E-state index in [-0.39, 0.29) is 17.0 Å². The van der Waals surface area contributed by atoms with Gasteiger partial charge in [0.15, 0.2) is 5.88 Å². The van der Waals surface area contributed by atoms with Crippen LogP contribution in [0.4, 0.5) is 0 Å². The van der Waals surface area contributed by atoms with Crippen LogP contribution in [-0.4, -0.2) is 24.9 Å². The minimum Gasteiger partial charge on any atom is -0.494 e. The molecule has 1 unspecified atom stereocenters. The molecule has 0 aliphatic heterocycles. The molecule has 0 radical (unpaired) electrons. The molecule has 32 heavy (non-hydrogen) atoms. The summed E-state index contributed by atoms with van der Waals surface area (Å²) in [5.41, 5.74) is 2.18. The topological polar surface area (TPSA) is 107 Å². The molecule has 3 aromatic carbocycles. The van der Waals surface area contributed by atoms with E-state index in [0.717, 1.165) is 27.4 Å². The van der Waals surface area contributed by atoms with Crippen LogP contribution in [0.2, 0.25) is 0 Å². The number of aromatic amines is 3. The smallest absolute Gasteiger partial charge is 0.274 e. The zero-order valence-electron chi connectivity index (χ0n) is 16.8. The molecule has 1 atom stereocenters. The molecular formula is C25H18N4O3. The van der Waals surface area contributed by atoms with Crippen LogP contribution in [0.1, 0.15) is 17.2 Å². The fraction of sp³-hybridized carbons (Fsp3) is 0.0400. The second kappa shape index (κ2) is 6.75. The lowest BCUT2D eigenvalue weighted by Gasteiger charge is -2.20. The van der Waals surface area contributed by atoms with E-state index in [1.54, 1.807) is 24.3 Å². The van der Waals surface area contributed by atoms with Gasteiger partial charge in [0, 0.05) is 33.6 Å². The van der Waals surface area contributed by atoms with Crippen molar-refractivity contribution in [2.45, 2.75) is 6.04 Å². The minimum atomic E-state index is -0.771. The molecule has 3 heterocycles. The van der Waals surface area contributed by atoms with Crippen LogP contribution in [0.5, 0.6) is 5.88 Å². The van der Waals surface area contributed by atoms with Crippen LogP contribution in [0.15, 0.2) is 88.6 Å². The molecule has 0 amide bonds. The predicted molar refractivity (Wildman–Crippen MR) is 124 cm³/mol. The summed E-state index contributed by atoms with van der Waals surface area (Å²) < 4.78 is 1.32. The number of hydrogen-bond acceptors (Lipinski definition) is 3. The SMILES string of the molecule is O=c1[nH]n(C(c2c[nH]c3ccccc23)c2c(O)[nH]c3ccccc23)c(=O)c2ccccc12. The highest BCUT2D eigenvalue weighted by molar-refractivity contribution is 5.90. The summed E-state index contributed by atoms with van der Waals surface area (Å²) >= 11 is 0. The van der Waals surface area contributed by atoms with Crippen molar-refractivity contribution in [2.24, 2.45) is 0 Å². The van der Waals surface area contributed by atoms with Gasteiger partial charge in [-0.15, -0.1) is 0 Å². The maximum Gasteiger partial charge on any atom is 0.274 e. The normalized spacial score (nSPS) is 12.6. The molecule has 6 rings (SSSR count). The van der Waals surface area contributed by atoms with Gasteiger partial charge in [-0.2, -0.15) is 0 Å². The van der Waals surface area contributed by atoms with E-state index >= 15 is 0 Å². The standard InChI is InChI=1S/C25H18N4O3/c30-23-15-8-1-2-9-16(15)25(32)29(28-23)22(18-13-26-19-11-5-3-7-14(18)19)21-17-10-4-6-12-20(17)27-24(21)31/h1-13,22,26-27,31H,(H,28,30). The number of H-pyrrole nitrogens is 3. The van der Waals surface area contributed by atoms with E-state index in [1.807, 2.05) is 54.7 Å². The minimum absolute atomic E-state index is 0.0533. The lowest BCUT2D eigenvalue weighted by molar-refractivity contribution is 0.439. The number of aromatic hydroxyl groups is 1. The number of para-hydroxylation sites is 2. The molecular weight excluding hydrogens is 404 g/mol. The molecule has 6 aromatic rings. The second-order valence-corrected chi connectivity index (χ2v) is 7.79. The van der Waals surface area contributed by atoms with Gasteiger partial charge in [-0.3, -0.25) is 14.7 Å². The van der Waals surface area contributed by atoms with Crippen molar-refractivity contribution >= 4 is 32.6 Å². The summed E-state index contributed by atoms with van der Waals surface area (Å²) in [6.45, 7) is 0. The molecule has 4 N–H and O–H groups in total. The van der Waals surface area contributed by atoms with Gasteiger partial charge in [0.2, 0.25) is 0 Å². The number of hydrogen-bond donors (Lipinski definition) is 4. The molecule has 7 heteroatoms. The van der Waals surface area contributed by atoms with E-state index in [0.29, 0.717) is 16.3 Å². The van der Waals surface area contributed by atoms with Crippen molar-refractivity contribution in [2.75, 3.05) is 0 Å². The van der Waals surface area contributed by atoms with Crippen LogP contribution >= 0.6 is 0 Å². The second-order valence-electron chi connectivity index (χ2n) is 7.79. The van der Waals surface area contributed by atoms with Gasteiger partial charge in [0.25, 0.3) is 11.1 Å². The Bertz CT molecular complexity index is 1750. The van der Waals surface area contributed by atoms with E-state index in [2.05, 4.69) is 15.1 Å². The molecule has 0 spiro atoms. The van der Waals surface area contributed by atoms with Crippen LogP contribution in [-0.2, 0) is 0 Å². The highest BCUT2D eigenvalue weighted by Crippen LogP contribution is 2.39. The Labute approximate surface area is 180 Å². The number of fused-ring (bicyclic) bond motifs is 3. The third-order valence-corrected chi connectivity index (χ3v) is 6.02.